The lowest BCUT2D eigenvalue weighted by Gasteiger charge is -2.45. The maximum absolute atomic E-state index is 12.4. The molecule has 0 bridgehead atoms. The highest BCUT2D eigenvalue weighted by molar-refractivity contribution is 6.03. The second kappa shape index (κ2) is 8.86. The average Bonchev–Trinajstić information content (AvgIpc) is 3.48. The molecule has 3 heterocycles. The van der Waals surface area contributed by atoms with Crippen molar-refractivity contribution in [2.75, 3.05) is 18.8 Å². The SMILES string of the molecule is CC#CC(=O)N1CCC2(CC(n3nc(-c4cn(Cc5cccc(C)c5)nc4C)c(C(N)=O)c3N)C2)C1. The number of aromatic nitrogens is 4. The molecule has 1 spiro atoms. The molecule has 4 N–H and O–H groups in total. The Kier molecular flexibility index (Phi) is 5.83. The fourth-order valence-corrected chi connectivity index (χ4v) is 5.73. The first-order chi connectivity index (χ1) is 17.2. The van der Waals surface area contributed by atoms with Crippen LogP contribution in [-0.4, -0.2) is 49.4 Å². The summed E-state index contributed by atoms with van der Waals surface area (Å²) in [5.41, 5.74) is 16.8. The smallest absolute Gasteiger partial charge is 0.298 e. The van der Waals surface area contributed by atoms with Crippen molar-refractivity contribution < 1.29 is 9.59 Å². The van der Waals surface area contributed by atoms with Gasteiger partial charge in [-0.15, -0.1) is 0 Å². The first-order valence-electron chi connectivity index (χ1n) is 12.2. The maximum Gasteiger partial charge on any atom is 0.298 e. The zero-order valence-corrected chi connectivity index (χ0v) is 20.9. The standard InChI is InChI=1S/C27H31N7O2/c1-4-6-22(35)32-10-9-27(16-32)12-20(13-27)34-25(28)23(26(29)36)24(31-34)21-15-33(30-18(21)3)14-19-8-5-7-17(2)11-19/h5,7-8,11,15,20H,9-10,12-14,16,28H2,1-3H3,(H2,29,36). The third kappa shape index (κ3) is 4.13. The zero-order valence-electron chi connectivity index (χ0n) is 20.9. The number of primary amides is 1. The maximum atomic E-state index is 12.4. The first kappa shape index (κ1) is 23.7. The zero-order chi connectivity index (χ0) is 25.6. The molecule has 9 heteroatoms. The van der Waals surface area contributed by atoms with Crippen molar-refractivity contribution in [1.29, 1.82) is 0 Å². The number of hydrogen-bond acceptors (Lipinski definition) is 5. The lowest BCUT2D eigenvalue weighted by Crippen LogP contribution is -2.42. The van der Waals surface area contributed by atoms with Gasteiger partial charge in [-0.2, -0.15) is 10.2 Å². The van der Waals surface area contributed by atoms with Crippen LogP contribution >= 0.6 is 0 Å². The van der Waals surface area contributed by atoms with Gasteiger partial charge in [0.25, 0.3) is 11.8 Å². The van der Waals surface area contributed by atoms with Gasteiger partial charge in [0.05, 0.1) is 18.3 Å². The number of nitrogens with two attached hydrogens (primary N) is 2. The summed E-state index contributed by atoms with van der Waals surface area (Å²) in [5, 5.41) is 9.45. The van der Waals surface area contributed by atoms with Crippen LogP contribution in [0.4, 0.5) is 5.82 Å². The van der Waals surface area contributed by atoms with E-state index in [4.69, 9.17) is 16.6 Å². The van der Waals surface area contributed by atoms with E-state index in [0.717, 1.165) is 36.1 Å². The normalized spacial score (nSPS) is 20.8. The summed E-state index contributed by atoms with van der Waals surface area (Å²) < 4.78 is 3.59. The molecule has 2 aromatic heterocycles. The number of amides is 2. The van der Waals surface area contributed by atoms with Crippen LogP contribution in [0.1, 0.15) is 59.4 Å². The Balaban J connectivity index is 1.39. The van der Waals surface area contributed by atoms with Gasteiger partial charge < -0.3 is 16.4 Å². The van der Waals surface area contributed by atoms with Gasteiger partial charge >= 0.3 is 0 Å². The van der Waals surface area contributed by atoms with Gasteiger partial charge in [0, 0.05) is 24.8 Å². The third-order valence-corrected chi connectivity index (χ3v) is 7.46. The average molecular weight is 486 g/mol. The molecule has 2 fully saturated rings. The van der Waals surface area contributed by atoms with Crippen LogP contribution < -0.4 is 11.5 Å². The minimum atomic E-state index is -0.607. The second-order valence-corrected chi connectivity index (χ2v) is 10.1. The molecule has 186 valence electrons. The van der Waals surface area contributed by atoms with Crippen LogP contribution in [0.5, 0.6) is 0 Å². The van der Waals surface area contributed by atoms with Crippen LogP contribution in [-0.2, 0) is 11.3 Å². The van der Waals surface area contributed by atoms with Gasteiger partial charge in [0.2, 0.25) is 0 Å². The number of carbonyl (C=O) groups is 2. The molecule has 1 aromatic carbocycles. The summed E-state index contributed by atoms with van der Waals surface area (Å²) in [4.78, 5) is 26.4. The van der Waals surface area contributed by atoms with Gasteiger partial charge in [-0.05, 0) is 56.9 Å². The number of rotatable bonds is 5. The molecule has 2 amide bonds. The molecule has 1 saturated heterocycles. The monoisotopic (exact) mass is 485 g/mol. The van der Waals surface area contributed by atoms with Crippen molar-refractivity contribution in [2.24, 2.45) is 11.1 Å². The predicted octanol–water partition coefficient (Wildman–Crippen LogP) is 2.67. The van der Waals surface area contributed by atoms with Gasteiger partial charge in [0.15, 0.2) is 0 Å². The van der Waals surface area contributed by atoms with Gasteiger partial charge in [-0.3, -0.25) is 14.3 Å². The topological polar surface area (TPSA) is 125 Å². The van der Waals surface area contributed by atoms with E-state index in [-0.39, 0.29) is 28.7 Å². The Morgan fingerprint density at radius 3 is 2.69 bits per heavy atom. The van der Waals surface area contributed by atoms with Crippen LogP contribution in [0, 0.1) is 31.1 Å². The lowest BCUT2D eigenvalue weighted by atomic mass is 9.65. The summed E-state index contributed by atoms with van der Waals surface area (Å²) >= 11 is 0. The van der Waals surface area contributed by atoms with Crippen LogP contribution in [0.2, 0.25) is 0 Å². The van der Waals surface area contributed by atoms with Crippen molar-refractivity contribution >= 4 is 17.6 Å². The van der Waals surface area contributed by atoms with E-state index in [1.165, 1.54) is 5.56 Å². The minimum absolute atomic E-state index is 0.0480. The number of benzene rings is 1. The van der Waals surface area contributed by atoms with Crippen molar-refractivity contribution in [3.63, 3.8) is 0 Å². The summed E-state index contributed by atoms with van der Waals surface area (Å²) in [7, 11) is 0. The summed E-state index contributed by atoms with van der Waals surface area (Å²) in [6, 6.07) is 8.31. The molecule has 0 atom stereocenters. The molecule has 0 unspecified atom stereocenters. The van der Waals surface area contributed by atoms with Gasteiger partial charge in [-0.1, -0.05) is 35.7 Å². The van der Waals surface area contributed by atoms with E-state index in [2.05, 4.69) is 42.1 Å². The Labute approximate surface area is 210 Å². The molecular formula is C27H31N7O2. The fraction of sp³-hybridized carbons (Fsp3) is 0.407. The second-order valence-electron chi connectivity index (χ2n) is 10.1. The summed E-state index contributed by atoms with van der Waals surface area (Å²) in [6.45, 7) is 7.63. The Hall–Kier alpha value is -4.06. The number of aryl methyl sites for hydroxylation is 2. The molecule has 36 heavy (non-hydrogen) atoms. The van der Waals surface area contributed by atoms with E-state index in [1.54, 1.807) is 11.6 Å². The van der Waals surface area contributed by atoms with Gasteiger partial charge in [-0.25, -0.2) is 4.68 Å². The Morgan fingerprint density at radius 1 is 1.22 bits per heavy atom. The predicted molar refractivity (Wildman–Crippen MR) is 137 cm³/mol. The van der Waals surface area contributed by atoms with Crippen LogP contribution in [0.25, 0.3) is 11.3 Å². The van der Waals surface area contributed by atoms with Gasteiger partial charge in [0.1, 0.15) is 17.1 Å². The van der Waals surface area contributed by atoms with Crippen molar-refractivity contribution in [2.45, 2.75) is 52.6 Å². The Morgan fingerprint density at radius 2 is 2.00 bits per heavy atom. The number of hydrogen-bond donors (Lipinski definition) is 2. The van der Waals surface area contributed by atoms with E-state index < -0.39 is 5.91 Å². The van der Waals surface area contributed by atoms with E-state index >= 15 is 0 Å². The van der Waals surface area contributed by atoms with Crippen LogP contribution in [0.3, 0.4) is 0 Å². The van der Waals surface area contributed by atoms with Crippen molar-refractivity contribution in [3.05, 3.63) is 52.8 Å². The highest BCUT2D eigenvalue weighted by Crippen LogP contribution is 2.54. The molecule has 1 aliphatic carbocycles. The highest BCUT2D eigenvalue weighted by Gasteiger charge is 2.51. The number of nitrogens with zero attached hydrogens (tertiary/aromatic N) is 5. The van der Waals surface area contributed by atoms with E-state index in [0.29, 0.717) is 25.3 Å². The molecule has 2 aliphatic rings. The number of likely N-dealkylation sites (tertiary alicyclic amines) is 1. The van der Waals surface area contributed by atoms with E-state index in [1.807, 2.05) is 28.8 Å². The number of anilines is 1. The van der Waals surface area contributed by atoms with E-state index in [9.17, 15) is 9.59 Å². The molecule has 1 saturated carbocycles. The van der Waals surface area contributed by atoms with Crippen molar-refractivity contribution in [1.82, 2.24) is 24.5 Å². The number of nitrogen functional groups attached to an aromatic ring is 1. The molecule has 3 aromatic rings. The quantitative estimate of drug-likeness (QED) is 0.538. The van der Waals surface area contributed by atoms with Crippen LogP contribution in [0.15, 0.2) is 30.5 Å². The number of carbonyl (C=O) groups excluding carboxylic acids is 2. The Bertz CT molecular complexity index is 1420. The lowest BCUT2D eigenvalue weighted by molar-refractivity contribution is -0.125. The molecule has 9 nitrogen and oxygen atoms in total. The molecule has 0 radical (unpaired) electrons. The fourth-order valence-electron chi connectivity index (χ4n) is 5.73. The summed E-state index contributed by atoms with van der Waals surface area (Å²) in [5.74, 6) is 4.88. The largest absolute Gasteiger partial charge is 0.383 e. The molecule has 1 aliphatic heterocycles. The first-order valence-corrected chi connectivity index (χ1v) is 12.2. The highest BCUT2D eigenvalue weighted by atomic mass is 16.2. The third-order valence-electron chi connectivity index (χ3n) is 7.46. The summed E-state index contributed by atoms with van der Waals surface area (Å²) in [6.07, 6.45) is 4.51. The van der Waals surface area contributed by atoms with Crippen molar-refractivity contribution in [3.8, 4) is 23.1 Å². The molecular weight excluding hydrogens is 454 g/mol. The minimum Gasteiger partial charge on any atom is -0.383 e. The molecule has 5 rings (SSSR count).